The van der Waals surface area contributed by atoms with Crippen molar-refractivity contribution < 1.29 is 19.5 Å². The van der Waals surface area contributed by atoms with Crippen LogP contribution in [0.5, 0.6) is 5.75 Å². The molecule has 0 saturated carbocycles. The Kier molecular flexibility index (Phi) is 2.54. The molecule has 1 aliphatic rings. The lowest BCUT2D eigenvalue weighted by atomic mass is 9.96. The minimum absolute atomic E-state index is 0.0641. The topological polar surface area (TPSA) is 71.4 Å². The zero-order valence-corrected chi connectivity index (χ0v) is 10.6. The van der Waals surface area contributed by atoms with Crippen LogP contribution in [0.4, 0.5) is 0 Å². The highest BCUT2D eigenvalue weighted by molar-refractivity contribution is 6.24. The van der Waals surface area contributed by atoms with E-state index in [1.165, 1.54) is 12.1 Å². The van der Waals surface area contributed by atoms with Crippen molar-refractivity contribution in [3.8, 4) is 16.9 Å². The molecule has 20 heavy (non-hydrogen) atoms. The van der Waals surface area contributed by atoms with E-state index in [1.807, 2.05) is 0 Å². The van der Waals surface area contributed by atoms with E-state index in [2.05, 4.69) is 0 Å². The summed E-state index contributed by atoms with van der Waals surface area (Å²) in [5, 5.41) is 9.79. The molecule has 3 rings (SSSR count). The fourth-order valence-corrected chi connectivity index (χ4v) is 2.59. The van der Waals surface area contributed by atoms with Crippen molar-refractivity contribution in [3.63, 3.8) is 0 Å². The maximum absolute atomic E-state index is 12.3. The van der Waals surface area contributed by atoms with E-state index >= 15 is 0 Å². The lowest BCUT2D eigenvalue weighted by molar-refractivity contribution is 0.104. The average Bonchev–Trinajstić information content (AvgIpc) is 2.71. The van der Waals surface area contributed by atoms with Gasteiger partial charge in [0, 0.05) is 22.3 Å². The monoisotopic (exact) mass is 266 g/mol. The van der Waals surface area contributed by atoms with Gasteiger partial charge in [0.1, 0.15) is 5.75 Å². The fourth-order valence-electron chi connectivity index (χ4n) is 2.59. The predicted octanol–water partition coefficient (Wildman–Crippen LogP) is 2.54. The van der Waals surface area contributed by atoms with Crippen LogP contribution in [-0.2, 0) is 0 Å². The van der Waals surface area contributed by atoms with Crippen LogP contribution in [0, 0.1) is 6.92 Å². The molecule has 2 aromatic rings. The first-order chi connectivity index (χ1) is 9.58. The number of hydrogen-bond donors (Lipinski definition) is 1. The average molecular weight is 266 g/mol. The molecule has 0 aromatic heterocycles. The molecule has 0 bridgehead atoms. The quantitative estimate of drug-likeness (QED) is 0.723. The molecular weight excluding hydrogens is 256 g/mol. The molecule has 0 heterocycles. The van der Waals surface area contributed by atoms with Crippen LogP contribution >= 0.6 is 0 Å². The largest absolute Gasteiger partial charge is 0.507 e. The second-order valence-electron chi connectivity index (χ2n) is 4.74. The van der Waals surface area contributed by atoms with E-state index in [-0.39, 0.29) is 17.1 Å². The normalized spacial score (nSPS) is 11.9. The number of aldehydes is 2. The van der Waals surface area contributed by atoms with Crippen LogP contribution in [0.15, 0.2) is 24.3 Å². The third kappa shape index (κ3) is 1.45. The number of aryl methyl sites for hydroxylation is 1. The Bertz CT molecular complexity index is 788. The second kappa shape index (κ2) is 4.13. The van der Waals surface area contributed by atoms with Crippen molar-refractivity contribution in [3.05, 3.63) is 52.1 Å². The predicted molar refractivity (Wildman–Crippen MR) is 72.5 cm³/mol. The summed E-state index contributed by atoms with van der Waals surface area (Å²) in [6.07, 6.45) is 1.21. The summed E-state index contributed by atoms with van der Waals surface area (Å²) in [5.74, 6) is -0.432. The molecule has 4 heteroatoms. The molecule has 1 N–H and O–H groups in total. The first kappa shape index (κ1) is 12.3. The van der Waals surface area contributed by atoms with Gasteiger partial charge in [-0.3, -0.25) is 14.4 Å². The van der Waals surface area contributed by atoms with Gasteiger partial charge in [-0.1, -0.05) is 12.1 Å². The number of carbonyl (C=O) groups is 3. The van der Waals surface area contributed by atoms with Gasteiger partial charge in [0.05, 0.1) is 5.56 Å². The summed E-state index contributed by atoms with van der Waals surface area (Å²) in [4.78, 5) is 34.5. The maximum Gasteiger partial charge on any atom is 0.194 e. The Balaban J connectivity index is 2.42. The smallest absolute Gasteiger partial charge is 0.194 e. The molecular formula is C16H10O4. The van der Waals surface area contributed by atoms with E-state index in [9.17, 15) is 19.5 Å². The molecule has 4 nitrogen and oxygen atoms in total. The number of fused-ring (bicyclic) bond motifs is 3. The van der Waals surface area contributed by atoms with Gasteiger partial charge in [0.15, 0.2) is 18.4 Å². The summed E-state index contributed by atoms with van der Waals surface area (Å²) in [7, 11) is 0. The van der Waals surface area contributed by atoms with Gasteiger partial charge in [0.25, 0.3) is 0 Å². The number of ketones is 1. The molecule has 1 aliphatic carbocycles. The molecule has 0 fully saturated rings. The third-order valence-corrected chi connectivity index (χ3v) is 3.63. The summed E-state index contributed by atoms with van der Waals surface area (Å²) in [6, 6.07) is 6.11. The highest BCUT2D eigenvalue weighted by Gasteiger charge is 2.30. The van der Waals surface area contributed by atoms with Gasteiger partial charge in [-0.2, -0.15) is 0 Å². The zero-order chi connectivity index (χ0) is 14.4. The number of carbonyl (C=O) groups excluding carboxylic acids is 3. The standard InChI is InChI=1S/C16H10O4/c1-8-2-3-10-15(13(8)7-18)11-5-14(19)9(6-17)4-12(11)16(10)20/h2-7,19H,1H3. The van der Waals surface area contributed by atoms with Gasteiger partial charge < -0.3 is 5.11 Å². The van der Waals surface area contributed by atoms with Crippen molar-refractivity contribution >= 4 is 18.4 Å². The first-order valence-electron chi connectivity index (χ1n) is 6.04. The Hall–Kier alpha value is -2.75. The first-order valence-corrected chi connectivity index (χ1v) is 6.04. The van der Waals surface area contributed by atoms with E-state index in [4.69, 9.17) is 0 Å². The third-order valence-electron chi connectivity index (χ3n) is 3.63. The van der Waals surface area contributed by atoms with Crippen LogP contribution in [0.25, 0.3) is 11.1 Å². The second-order valence-corrected chi connectivity index (χ2v) is 4.74. The number of phenols is 1. The van der Waals surface area contributed by atoms with Crippen molar-refractivity contribution in [2.24, 2.45) is 0 Å². The SMILES string of the molecule is Cc1ccc2c(c1C=O)-c1cc(O)c(C=O)cc1C2=O. The van der Waals surface area contributed by atoms with Crippen LogP contribution in [0.1, 0.15) is 42.2 Å². The number of aromatic hydroxyl groups is 1. The Labute approximate surface area is 114 Å². The Morgan fingerprint density at radius 1 is 1.00 bits per heavy atom. The minimum Gasteiger partial charge on any atom is -0.507 e. The Morgan fingerprint density at radius 2 is 1.75 bits per heavy atom. The van der Waals surface area contributed by atoms with E-state index in [0.29, 0.717) is 40.4 Å². The van der Waals surface area contributed by atoms with Crippen molar-refractivity contribution in [1.82, 2.24) is 0 Å². The lowest BCUT2D eigenvalue weighted by Crippen LogP contribution is -1.97. The van der Waals surface area contributed by atoms with Gasteiger partial charge in [0.2, 0.25) is 0 Å². The van der Waals surface area contributed by atoms with Gasteiger partial charge in [-0.05, 0) is 30.2 Å². The highest BCUT2D eigenvalue weighted by Crippen LogP contribution is 2.41. The Morgan fingerprint density at radius 3 is 2.40 bits per heavy atom. The molecule has 0 amide bonds. The van der Waals surface area contributed by atoms with Gasteiger partial charge in [-0.25, -0.2) is 0 Å². The summed E-state index contributed by atoms with van der Waals surface area (Å²) < 4.78 is 0. The van der Waals surface area contributed by atoms with Gasteiger partial charge in [-0.15, -0.1) is 0 Å². The molecule has 0 aliphatic heterocycles. The molecule has 0 saturated heterocycles. The van der Waals surface area contributed by atoms with E-state index < -0.39 is 0 Å². The molecule has 0 spiro atoms. The van der Waals surface area contributed by atoms with Crippen molar-refractivity contribution in [2.45, 2.75) is 6.92 Å². The molecule has 0 radical (unpaired) electrons. The number of hydrogen-bond acceptors (Lipinski definition) is 4. The van der Waals surface area contributed by atoms with Crippen LogP contribution in [0.3, 0.4) is 0 Å². The van der Waals surface area contributed by atoms with E-state index in [0.717, 1.165) is 5.56 Å². The zero-order valence-electron chi connectivity index (χ0n) is 10.6. The number of phenolic OH excluding ortho intramolecular Hbond substituents is 1. The molecule has 0 unspecified atom stereocenters. The van der Waals surface area contributed by atoms with Gasteiger partial charge >= 0.3 is 0 Å². The number of rotatable bonds is 2. The molecule has 2 aromatic carbocycles. The van der Waals surface area contributed by atoms with Crippen LogP contribution in [-0.4, -0.2) is 23.5 Å². The minimum atomic E-state index is -0.235. The molecule has 0 atom stereocenters. The van der Waals surface area contributed by atoms with E-state index in [1.54, 1.807) is 19.1 Å². The van der Waals surface area contributed by atoms with Crippen molar-refractivity contribution in [1.29, 1.82) is 0 Å². The molecule has 98 valence electrons. The maximum atomic E-state index is 12.3. The number of benzene rings is 2. The summed E-state index contributed by atoms with van der Waals surface area (Å²) >= 11 is 0. The van der Waals surface area contributed by atoms with Crippen LogP contribution in [0.2, 0.25) is 0 Å². The fraction of sp³-hybridized carbons (Fsp3) is 0.0625. The summed E-state index contributed by atoms with van der Waals surface area (Å²) in [5.41, 5.74) is 3.07. The summed E-state index contributed by atoms with van der Waals surface area (Å²) in [6.45, 7) is 1.78. The van der Waals surface area contributed by atoms with Crippen LogP contribution < -0.4 is 0 Å². The van der Waals surface area contributed by atoms with Crippen molar-refractivity contribution in [2.75, 3.05) is 0 Å². The highest BCUT2D eigenvalue weighted by atomic mass is 16.3. The lowest BCUT2D eigenvalue weighted by Gasteiger charge is -2.07.